The number of nitrogens with two attached hydrogens (primary N) is 1. The van der Waals surface area contributed by atoms with E-state index >= 15 is 0 Å². The minimum absolute atomic E-state index is 0.0678. The molecule has 0 aromatic carbocycles. The largest absolute Gasteiger partial charge is 0.384 e. The van der Waals surface area contributed by atoms with Crippen LogP contribution in [0.3, 0.4) is 0 Å². The van der Waals surface area contributed by atoms with Gasteiger partial charge in [0.05, 0.1) is 0 Å². The zero-order valence-corrected chi connectivity index (χ0v) is 11.1. The molecule has 1 fully saturated rings. The first kappa shape index (κ1) is 12.8. The lowest BCUT2D eigenvalue weighted by molar-refractivity contribution is 0.199. The summed E-state index contributed by atoms with van der Waals surface area (Å²) in [5.74, 6) is 1.04. The van der Waals surface area contributed by atoms with Gasteiger partial charge < -0.3 is 10.6 Å². The summed E-state index contributed by atoms with van der Waals surface area (Å²) < 4.78 is 0. The molecule has 3 N–H and O–H groups in total. The Bertz CT molecular complexity index is 414. The topological polar surface area (TPSA) is 69.2 Å². The van der Waals surface area contributed by atoms with Crippen LogP contribution in [0.4, 0.5) is 5.82 Å². The molecule has 0 amide bonds. The molecule has 1 unspecified atom stereocenters. The first-order valence-corrected chi connectivity index (χ1v) is 6.41. The molecule has 0 spiro atoms. The van der Waals surface area contributed by atoms with E-state index in [1.54, 1.807) is 6.20 Å². The van der Waals surface area contributed by atoms with Crippen LogP contribution in [0.15, 0.2) is 18.3 Å². The van der Waals surface area contributed by atoms with Crippen molar-refractivity contribution in [2.75, 3.05) is 31.1 Å². The molecular weight excluding hydrogens is 226 g/mol. The number of nitrogens with one attached hydrogen (secondary N) is 1. The van der Waals surface area contributed by atoms with Gasteiger partial charge >= 0.3 is 0 Å². The number of hydrogen-bond acceptors (Lipinski definition) is 4. The van der Waals surface area contributed by atoms with Gasteiger partial charge in [0.2, 0.25) is 0 Å². The van der Waals surface area contributed by atoms with Gasteiger partial charge in [-0.05, 0) is 25.6 Å². The number of aromatic nitrogens is 1. The quantitative estimate of drug-likeness (QED) is 0.615. The predicted octanol–water partition coefficient (Wildman–Crippen LogP) is 0.896. The maximum atomic E-state index is 7.35. The van der Waals surface area contributed by atoms with Crippen LogP contribution < -0.4 is 10.6 Å². The van der Waals surface area contributed by atoms with Gasteiger partial charge in [-0.1, -0.05) is 6.92 Å². The van der Waals surface area contributed by atoms with Crippen LogP contribution >= 0.6 is 0 Å². The normalized spacial score (nSPS) is 21.0. The Hall–Kier alpha value is -1.62. The molecule has 0 radical (unpaired) electrons. The van der Waals surface area contributed by atoms with Crippen molar-refractivity contribution < 1.29 is 0 Å². The van der Waals surface area contributed by atoms with Crippen molar-refractivity contribution in [3.8, 4) is 0 Å². The van der Waals surface area contributed by atoms with E-state index in [1.165, 1.54) is 0 Å². The van der Waals surface area contributed by atoms with E-state index in [-0.39, 0.29) is 5.84 Å². The Morgan fingerprint density at radius 2 is 2.28 bits per heavy atom. The highest BCUT2D eigenvalue weighted by atomic mass is 15.3. The molecule has 2 rings (SSSR count). The van der Waals surface area contributed by atoms with Crippen molar-refractivity contribution in [2.24, 2.45) is 5.73 Å². The zero-order chi connectivity index (χ0) is 13.1. The standard InChI is InChI=1S/C13H21N5/c1-3-17-6-7-18(9-10(17)2)12-5-4-11(8-16-12)13(14)15/h4-5,8,10H,3,6-7,9H2,1-2H3,(H3,14,15). The molecule has 5 nitrogen and oxygen atoms in total. The van der Waals surface area contributed by atoms with E-state index in [2.05, 4.69) is 28.6 Å². The van der Waals surface area contributed by atoms with Crippen molar-refractivity contribution >= 4 is 11.7 Å². The number of likely N-dealkylation sites (N-methyl/N-ethyl adjacent to an activating group) is 1. The Kier molecular flexibility index (Phi) is 3.81. The monoisotopic (exact) mass is 247 g/mol. The first-order chi connectivity index (χ1) is 8.61. The van der Waals surface area contributed by atoms with Crippen molar-refractivity contribution in [3.63, 3.8) is 0 Å². The SMILES string of the molecule is CCN1CCN(c2ccc(C(=N)N)cn2)CC1C. The number of nitrogen functional groups attached to an aromatic ring is 1. The molecule has 98 valence electrons. The summed E-state index contributed by atoms with van der Waals surface area (Å²) >= 11 is 0. The van der Waals surface area contributed by atoms with Gasteiger partial charge in [0.1, 0.15) is 11.7 Å². The highest BCUT2D eigenvalue weighted by Gasteiger charge is 2.22. The summed E-state index contributed by atoms with van der Waals surface area (Å²) in [5.41, 5.74) is 6.10. The summed E-state index contributed by atoms with van der Waals surface area (Å²) in [5, 5.41) is 7.35. The van der Waals surface area contributed by atoms with Gasteiger partial charge in [-0.15, -0.1) is 0 Å². The Morgan fingerprint density at radius 1 is 1.50 bits per heavy atom. The molecular formula is C13H21N5. The highest BCUT2D eigenvalue weighted by molar-refractivity contribution is 5.94. The van der Waals surface area contributed by atoms with Gasteiger partial charge in [-0.2, -0.15) is 0 Å². The van der Waals surface area contributed by atoms with Crippen molar-refractivity contribution in [3.05, 3.63) is 23.9 Å². The Labute approximate surface area is 108 Å². The van der Waals surface area contributed by atoms with Crippen LogP contribution in [-0.4, -0.2) is 47.9 Å². The van der Waals surface area contributed by atoms with Crippen LogP contribution in [0.5, 0.6) is 0 Å². The molecule has 0 bridgehead atoms. The summed E-state index contributed by atoms with van der Waals surface area (Å²) in [4.78, 5) is 9.16. The first-order valence-electron chi connectivity index (χ1n) is 6.41. The van der Waals surface area contributed by atoms with Gasteiger partial charge in [-0.3, -0.25) is 10.3 Å². The van der Waals surface area contributed by atoms with E-state index < -0.39 is 0 Å². The molecule has 1 saturated heterocycles. The van der Waals surface area contributed by atoms with E-state index in [1.807, 2.05) is 12.1 Å². The highest BCUT2D eigenvalue weighted by Crippen LogP contribution is 2.16. The number of nitrogens with zero attached hydrogens (tertiary/aromatic N) is 3. The summed E-state index contributed by atoms with van der Waals surface area (Å²) in [6.45, 7) is 8.63. The molecule has 0 saturated carbocycles. The molecule has 0 aliphatic carbocycles. The molecule has 5 heteroatoms. The Morgan fingerprint density at radius 3 is 2.78 bits per heavy atom. The molecule has 1 atom stereocenters. The van der Waals surface area contributed by atoms with Gasteiger partial charge in [0.25, 0.3) is 0 Å². The van der Waals surface area contributed by atoms with Crippen LogP contribution in [0, 0.1) is 5.41 Å². The third-order valence-corrected chi connectivity index (χ3v) is 3.55. The van der Waals surface area contributed by atoms with E-state index in [0.717, 1.165) is 32.0 Å². The third-order valence-electron chi connectivity index (χ3n) is 3.55. The molecule has 1 aliphatic heterocycles. The van der Waals surface area contributed by atoms with Crippen molar-refractivity contribution in [1.82, 2.24) is 9.88 Å². The van der Waals surface area contributed by atoms with Crippen LogP contribution in [0.2, 0.25) is 0 Å². The average Bonchev–Trinajstić information content (AvgIpc) is 2.38. The predicted molar refractivity (Wildman–Crippen MR) is 74.2 cm³/mol. The van der Waals surface area contributed by atoms with Gasteiger partial charge in [-0.25, -0.2) is 4.98 Å². The maximum Gasteiger partial charge on any atom is 0.128 e. The summed E-state index contributed by atoms with van der Waals surface area (Å²) in [6, 6.07) is 4.37. The van der Waals surface area contributed by atoms with E-state index in [4.69, 9.17) is 11.1 Å². The second-order valence-corrected chi connectivity index (χ2v) is 4.74. The summed E-state index contributed by atoms with van der Waals surface area (Å²) in [6.07, 6.45) is 1.68. The van der Waals surface area contributed by atoms with Crippen LogP contribution in [-0.2, 0) is 0 Å². The molecule has 1 aromatic rings. The third kappa shape index (κ3) is 2.61. The van der Waals surface area contributed by atoms with E-state index in [0.29, 0.717) is 11.6 Å². The second-order valence-electron chi connectivity index (χ2n) is 4.74. The Balaban J connectivity index is 2.06. The lowest BCUT2D eigenvalue weighted by Gasteiger charge is -2.39. The number of piperazine rings is 1. The minimum Gasteiger partial charge on any atom is -0.384 e. The second kappa shape index (κ2) is 5.35. The number of rotatable bonds is 3. The fourth-order valence-corrected chi connectivity index (χ4v) is 2.41. The van der Waals surface area contributed by atoms with Gasteiger partial charge in [0, 0.05) is 37.4 Å². The lowest BCUT2D eigenvalue weighted by Crippen LogP contribution is -2.51. The molecule has 1 aromatic heterocycles. The smallest absolute Gasteiger partial charge is 0.128 e. The number of anilines is 1. The van der Waals surface area contributed by atoms with Crippen molar-refractivity contribution in [1.29, 1.82) is 5.41 Å². The molecule has 1 aliphatic rings. The lowest BCUT2D eigenvalue weighted by atomic mass is 10.2. The van der Waals surface area contributed by atoms with Gasteiger partial charge in [0.15, 0.2) is 0 Å². The van der Waals surface area contributed by atoms with Crippen LogP contribution in [0.1, 0.15) is 19.4 Å². The fraction of sp³-hybridized carbons (Fsp3) is 0.538. The number of pyridine rings is 1. The molecule has 18 heavy (non-hydrogen) atoms. The maximum absolute atomic E-state index is 7.35. The van der Waals surface area contributed by atoms with Crippen molar-refractivity contribution in [2.45, 2.75) is 19.9 Å². The number of hydrogen-bond donors (Lipinski definition) is 2. The minimum atomic E-state index is 0.0678. The molecule has 2 heterocycles. The van der Waals surface area contributed by atoms with E-state index in [9.17, 15) is 0 Å². The fourth-order valence-electron chi connectivity index (χ4n) is 2.41. The number of amidine groups is 1. The van der Waals surface area contributed by atoms with Crippen LogP contribution in [0.25, 0.3) is 0 Å². The summed E-state index contributed by atoms with van der Waals surface area (Å²) in [7, 11) is 0. The zero-order valence-electron chi connectivity index (χ0n) is 11.1. The average molecular weight is 247 g/mol.